The quantitative estimate of drug-likeness (QED) is 0.767. The number of nitriles is 1. The molecule has 1 aliphatic heterocycles. The number of rotatable bonds is 4. The number of benzene rings is 1. The van der Waals surface area contributed by atoms with E-state index in [1.165, 1.54) is 12.0 Å². The van der Waals surface area contributed by atoms with E-state index >= 15 is 0 Å². The van der Waals surface area contributed by atoms with E-state index in [4.69, 9.17) is 19.5 Å². The first-order valence-corrected chi connectivity index (χ1v) is 8.40. The Morgan fingerprint density at radius 2 is 2.04 bits per heavy atom. The van der Waals surface area contributed by atoms with Crippen LogP contribution >= 0.6 is 0 Å². The summed E-state index contributed by atoms with van der Waals surface area (Å²) in [7, 11) is 1.34. The van der Waals surface area contributed by atoms with Crippen LogP contribution in [0.2, 0.25) is 0 Å². The molecule has 1 amide bonds. The summed E-state index contributed by atoms with van der Waals surface area (Å²) in [5.41, 5.74) is 0.239. The van der Waals surface area contributed by atoms with Gasteiger partial charge in [0.1, 0.15) is 17.4 Å². The summed E-state index contributed by atoms with van der Waals surface area (Å²) in [5, 5.41) is 8.65. The molecule has 0 bridgehead atoms. The Morgan fingerprint density at radius 1 is 1.31 bits per heavy atom. The molecule has 1 unspecified atom stereocenters. The minimum Gasteiger partial charge on any atom is -0.479 e. The van der Waals surface area contributed by atoms with Crippen LogP contribution in [0.3, 0.4) is 0 Å². The average Bonchev–Trinajstić information content (AvgIpc) is 3.03. The minimum atomic E-state index is -0.610. The topological polar surface area (TPSA) is 88.9 Å². The van der Waals surface area contributed by atoms with Gasteiger partial charge in [0.2, 0.25) is 0 Å². The van der Waals surface area contributed by atoms with E-state index in [1.807, 2.05) is 12.1 Å². The number of ether oxygens (including phenoxy) is 3. The Bertz CT molecular complexity index is 705. The number of nitrogens with zero attached hydrogens (tertiary/aromatic N) is 2. The molecule has 1 saturated heterocycles. The first-order chi connectivity index (χ1) is 12.2. The van der Waals surface area contributed by atoms with Gasteiger partial charge >= 0.3 is 12.1 Å². The van der Waals surface area contributed by atoms with Crippen LogP contribution in [0.1, 0.15) is 32.3 Å². The molecular formula is C19H24N2O5. The summed E-state index contributed by atoms with van der Waals surface area (Å²) >= 11 is 0. The molecule has 0 aliphatic carbocycles. The Balaban J connectivity index is 2.23. The van der Waals surface area contributed by atoms with Crippen molar-refractivity contribution in [1.82, 2.24) is 4.90 Å². The molecule has 1 heterocycles. The van der Waals surface area contributed by atoms with E-state index < -0.39 is 17.6 Å². The second-order valence-electron chi connectivity index (χ2n) is 7.14. The van der Waals surface area contributed by atoms with Gasteiger partial charge in [0, 0.05) is 19.0 Å². The van der Waals surface area contributed by atoms with Crippen molar-refractivity contribution in [2.45, 2.75) is 32.3 Å². The van der Waals surface area contributed by atoms with Crippen molar-refractivity contribution in [3.63, 3.8) is 0 Å². The highest BCUT2D eigenvalue weighted by Crippen LogP contribution is 2.35. The third-order valence-electron chi connectivity index (χ3n) is 4.07. The highest BCUT2D eigenvalue weighted by molar-refractivity contribution is 5.77. The number of hydrogen-bond acceptors (Lipinski definition) is 6. The smallest absolute Gasteiger partial charge is 0.410 e. The number of amides is 1. The van der Waals surface area contributed by atoms with E-state index in [0.29, 0.717) is 12.3 Å². The molecule has 2 atom stereocenters. The maximum atomic E-state index is 12.4. The number of likely N-dealkylation sites (tertiary alicyclic amines) is 1. The van der Waals surface area contributed by atoms with E-state index in [1.54, 1.807) is 39.0 Å². The van der Waals surface area contributed by atoms with Crippen LogP contribution in [-0.2, 0) is 14.3 Å². The van der Waals surface area contributed by atoms with Crippen LogP contribution in [0.4, 0.5) is 4.79 Å². The molecule has 2 rings (SSSR count). The van der Waals surface area contributed by atoms with Gasteiger partial charge < -0.3 is 19.1 Å². The van der Waals surface area contributed by atoms with E-state index in [-0.39, 0.29) is 25.0 Å². The fourth-order valence-electron chi connectivity index (χ4n) is 2.96. The van der Waals surface area contributed by atoms with Crippen molar-refractivity contribution in [2.75, 3.05) is 26.8 Å². The second-order valence-corrected chi connectivity index (χ2v) is 7.14. The molecule has 1 aliphatic rings. The molecule has 26 heavy (non-hydrogen) atoms. The number of esters is 1. The Labute approximate surface area is 153 Å². The van der Waals surface area contributed by atoms with Gasteiger partial charge in [-0.1, -0.05) is 12.1 Å². The summed E-state index contributed by atoms with van der Waals surface area (Å²) in [4.78, 5) is 26.2. The van der Waals surface area contributed by atoms with Gasteiger partial charge in [-0.3, -0.25) is 4.79 Å². The number of carbonyl (C=O) groups excluding carboxylic acids is 2. The lowest BCUT2D eigenvalue weighted by molar-refractivity contribution is -0.145. The van der Waals surface area contributed by atoms with Crippen molar-refractivity contribution in [1.29, 1.82) is 5.26 Å². The standard InChI is InChI=1S/C19H24N2O5/c1-19(2,3)26-18(23)21-11-15(16(12-21)17(22)24-4)13-6-5-7-14(10-13)25-9-8-20/h5-7,10,15-16H,9,11-12H2,1-4H3/t15-,16?/m0/s1. The Hall–Kier alpha value is -2.75. The first-order valence-electron chi connectivity index (χ1n) is 8.40. The largest absolute Gasteiger partial charge is 0.479 e. The maximum Gasteiger partial charge on any atom is 0.410 e. The zero-order valence-corrected chi connectivity index (χ0v) is 15.5. The maximum absolute atomic E-state index is 12.4. The van der Waals surface area contributed by atoms with Gasteiger partial charge in [-0.15, -0.1) is 0 Å². The predicted octanol–water partition coefficient (Wildman–Crippen LogP) is 2.71. The fourth-order valence-corrected chi connectivity index (χ4v) is 2.96. The summed E-state index contributed by atoms with van der Waals surface area (Å²) in [6, 6.07) is 9.12. The van der Waals surface area contributed by atoms with Crippen LogP contribution in [0.15, 0.2) is 24.3 Å². The van der Waals surface area contributed by atoms with E-state index in [9.17, 15) is 9.59 Å². The molecule has 0 saturated carbocycles. The van der Waals surface area contributed by atoms with Crippen LogP contribution in [0, 0.1) is 17.2 Å². The lowest BCUT2D eigenvalue weighted by Gasteiger charge is -2.24. The molecular weight excluding hydrogens is 336 g/mol. The monoisotopic (exact) mass is 360 g/mol. The first kappa shape index (κ1) is 19.6. The molecule has 1 aromatic rings. The molecule has 0 spiro atoms. The lowest BCUT2D eigenvalue weighted by atomic mass is 9.89. The van der Waals surface area contributed by atoms with Crippen LogP contribution in [-0.4, -0.2) is 49.4 Å². The molecule has 7 nitrogen and oxygen atoms in total. The summed E-state index contributed by atoms with van der Waals surface area (Å²) in [6.07, 6.45) is -0.453. The average molecular weight is 360 g/mol. The van der Waals surface area contributed by atoms with Crippen molar-refractivity contribution in [3.8, 4) is 11.8 Å². The zero-order valence-electron chi connectivity index (χ0n) is 15.5. The van der Waals surface area contributed by atoms with Gasteiger partial charge in [0.05, 0.1) is 13.0 Å². The number of hydrogen-bond donors (Lipinski definition) is 0. The molecule has 7 heteroatoms. The van der Waals surface area contributed by atoms with Crippen molar-refractivity contribution < 1.29 is 23.8 Å². The number of methoxy groups -OCH3 is 1. The molecule has 1 aromatic carbocycles. The second kappa shape index (κ2) is 8.09. The fraction of sp³-hybridized carbons (Fsp3) is 0.526. The highest BCUT2D eigenvalue weighted by atomic mass is 16.6. The number of carbonyl (C=O) groups is 2. The van der Waals surface area contributed by atoms with E-state index in [2.05, 4.69) is 0 Å². The summed E-state index contributed by atoms with van der Waals surface area (Å²) in [5.74, 6) is -0.549. The summed E-state index contributed by atoms with van der Waals surface area (Å²) in [6.45, 7) is 5.91. The molecule has 0 radical (unpaired) electrons. The molecule has 140 valence electrons. The minimum absolute atomic E-state index is 0.0570. The lowest BCUT2D eigenvalue weighted by Crippen LogP contribution is -2.36. The van der Waals surface area contributed by atoms with Crippen LogP contribution in [0.5, 0.6) is 5.75 Å². The molecule has 1 fully saturated rings. The van der Waals surface area contributed by atoms with Gasteiger partial charge in [-0.2, -0.15) is 5.26 Å². The normalized spacial score (nSPS) is 19.6. The molecule has 0 N–H and O–H groups in total. The SMILES string of the molecule is COC(=O)C1CN(C(=O)OC(C)(C)C)C[C@H]1c1cccc(OCC#N)c1. The zero-order chi connectivity index (χ0) is 19.3. The van der Waals surface area contributed by atoms with Crippen LogP contribution < -0.4 is 4.74 Å². The van der Waals surface area contributed by atoms with Gasteiger partial charge in [0.15, 0.2) is 6.61 Å². The van der Waals surface area contributed by atoms with Crippen LogP contribution in [0.25, 0.3) is 0 Å². The van der Waals surface area contributed by atoms with Crippen molar-refractivity contribution in [3.05, 3.63) is 29.8 Å². The van der Waals surface area contributed by atoms with Gasteiger partial charge in [0.25, 0.3) is 0 Å². The third kappa shape index (κ3) is 4.88. The van der Waals surface area contributed by atoms with Gasteiger partial charge in [-0.05, 0) is 38.5 Å². The predicted molar refractivity (Wildman–Crippen MR) is 93.6 cm³/mol. The summed E-state index contributed by atoms with van der Waals surface area (Å²) < 4.78 is 15.7. The molecule has 0 aromatic heterocycles. The Kier molecular flexibility index (Phi) is 6.09. The third-order valence-corrected chi connectivity index (χ3v) is 4.07. The van der Waals surface area contributed by atoms with Crippen molar-refractivity contribution >= 4 is 12.1 Å². The Morgan fingerprint density at radius 3 is 2.65 bits per heavy atom. The van der Waals surface area contributed by atoms with Crippen molar-refractivity contribution in [2.24, 2.45) is 5.92 Å². The highest BCUT2D eigenvalue weighted by Gasteiger charge is 2.42. The van der Waals surface area contributed by atoms with Gasteiger partial charge in [-0.25, -0.2) is 4.79 Å². The van der Waals surface area contributed by atoms with E-state index in [0.717, 1.165) is 5.56 Å².